The average molecular weight is 315 g/mol. The lowest BCUT2D eigenvalue weighted by molar-refractivity contribution is 0.484. The summed E-state index contributed by atoms with van der Waals surface area (Å²) >= 11 is 5.75. The molecular weight excluding hydrogens is 303 g/mol. The van der Waals surface area contributed by atoms with Crippen molar-refractivity contribution in [2.24, 2.45) is 0 Å². The van der Waals surface area contributed by atoms with Gasteiger partial charge in [-0.05, 0) is 49.2 Å². The molecule has 0 saturated heterocycles. The molecule has 0 unspecified atom stereocenters. The molecule has 0 N–H and O–H groups in total. The first-order chi connectivity index (χ1) is 9.29. The van der Waals surface area contributed by atoms with E-state index in [4.69, 9.17) is 15.8 Å². The second-order valence-corrected chi connectivity index (χ2v) is 6.30. The number of aryl methyl sites for hydroxylation is 2. The third kappa shape index (κ3) is 3.11. The highest BCUT2D eigenvalue weighted by Crippen LogP contribution is 2.27. The summed E-state index contributed by atoms with van der Waals surface area (Å²) in [4.78, 5) is -0.263. The van der Waals surface area contributed by atoms with Gasteiger partial charge in [0.25, 0.3) is 0 Å². The van der Waals surface area contributed by atoms with Gasteiger partial charge >= 0.3 is 10.1 Å². The first kappa shape index (κ1) is 14.8. The van der Waals surface area contributed by atoms with E-state index >= 15 is 0 Å². The molecule has 0 radical (unpaired) electrons. The molecule has 0 aliphatic carbocycles. The van der Waals surface area contributed by atoms with Crippen molar-refractivity contribution in [3.05, 3.63) is 58.4 Å². The van der Waals surface area contributed by atoms with Gasteiger partial charge in [-0.1, -0.05) is 23.7 Å². The largest absolute Gasteiger partial charge is 0.379 e. The number of benzene rings is 2. The van der Waals surface area contributed by atoms with Crippen LogP contribution in [0.5, 0.6) is 5.75 Å². The van der Waals surface area contributed by atoms with Crippen LogP contribution in [0.4, 0.5) is 4.39 Å². The Morgan fingerprint density at radius 1 is 1.10 bits per heavy atom. The first-order valence-electron chi connectivity index (χ1n) is 5.76. The molecule has 0 saturated carbocycles. The maximum Gasteiger partial charge on any atom is 0.340 e. The second-order valence-electron chi connectivity index (χ2n) is 4.38. The zero-order valence-corrected chi connectivity index (χ0v) is 12.4. The van der Waals surface area contributed by atoms with E-state index < -0.39 is 15.9 Å². The molecule has 20 heavy (non-hydrogen) atoms. The van der Waals surface area contributed by atoms with Gasteiger partial charge in [0.15, 0.2) is 0 Å². The Morgan fingerprint density at radius 3 is 2.45 bits per heavy atom. The fraction of sp³-hybridized carbons (Fsp3) is 0.143. The van der Waals surface area contributed by atoms with Gasteiger partial charge in [-0.2, -0.15) is 8.42 Å². The van der Waals surface area contributed by atoms with E-state index in [1.54, 1.807) is 19.1 Å². The highest BCUT2D eigenvalue weighted by molar-refractivity contribution is 7.87. The standard InChI is InChI=1S/C14H12ClFO3S/c1-9-3-4-10(2)13(7-9)19-20(17,18)14-6-5-11(16)8-12(14)15/h3-8H,1-2H3. The number of halogens is 2. The molecule has 2 aromatic rings. The summed E-state index contributed by atoms with van der Waals surface area (Å²) in [5.41, 5.74) is 1.54. The summed E-state index contributed by atoms with van der Waals surface area (Å²) in [6.07, 6.45) is 0. The van der Waals surface area contributed by atoms with Crippen molar-refractivity contribution in [3.63, 3.8) is 0 Å². The Balaban J connectivity index is 2.43. The van der Waals surface area contributed by atoms with Crippen LogP contribution in [-0.4, -0.2) is 8.42 Å². The Labute approximate surface area is 122 Å². The quantitative estimate of drug-likeness (QED) is 0.808. The molecule has 0 amide bonds. The molecule has 0 aliphatic rings. The molecule has 106 valence electrons. The Morgan fingerprint density at radius 2 is 1.80 bits per heavy atom. The van der Waals surface area contributed by atoms with Crippen LogP contribution >= 0.6 is 11.6 Å². The van der Waals surface area contributed by atoms with Crippen molar-refractivity contribution in [2.75, 3.05) is 0 Å². The predicted molar refractivity (Wildman–Crippen MR) is 75.1 cm³/mol. The molecule has 0 spiro atoms. The number of rotatable bonds is 3. The van der Waals surface area contributed by atoms with E-state index in [0.29, 0.717) is 5.56 Å². The topological polar surface area (TPSA) is 43.4 Å². The van der Waals surface area contributed by atoms with Gasteiger partial charge in [0.2, 0.25) is 0 Å². The lowest BCUT2D eigenvalue weighted by atomic mass is 10.1. The zero-order chi connectivity index (χ0) is 14.9. The Kier molecular flexibility index (Phi) is 4.01. The summed E-state index contributed by atoms with van der Waals surface area (Å²) in [5, 5.41) is -0.213. The van der Waals surface area contributed by atoms with Crippen molar-refractivity contribution in [3.8, 4) is 5.75 Å². The highest BCUT2D eigenvalue weighted by atomic mass is 35.5. The van der Waals surface area contributed by atoms with Crippen molar-refractivity contribution in [1.29, 1.82) is 0 Å². The Hall–Kier alpha value is -1.59. The maximum atomic E-state index is 13.0. The second kappa shape index (κ2) is 5.42. The van der Waals surface area contributed by atoms with Crippen LogP contribution in [-0.2, 0) is 10.1 Å². The summed E-state index contributed by atoms with van der Waals surface area (Å²) in [6, 6.07) is 8.25. The van der Waals surface area contributed by atoms with E-state index in [2.05, 4.69) is 0 Å². The van der Waals surface area contributed by atoms with Crippen LogP contribution in [0.25, 0.3) is 0 Å². The van der Waals surface area contributed by atoms with Gasteiger partial charge < -0.3 is 4.18 Å². The SMILES string of the molecule is Cc1ccc(C)c(OS(=O)(=O)c2ccc(F)cc2Cl)c1. The van der Waals surface area contributed by atoms with E-state index in [-0.39, 0.29) is 15.7 Å². The number of hydrogen-bond acceptors (Lipinski definition) is 3. The molecule has 3 nitrogen and oxygen atoms in total. The van der Waals surface area contributed by atoms with Crippen LogP contribution in [0.15, 0.2) is 41.3 Å². The van der Waals surface area contributed by atoms with Crippen molar-refractivity contribution in [2.45, 2.75) is 18.7 Å². The summed E-state index contributed by atoms with van der Waals surface area (Å²) in [6.45, 7) is 3.56. The molecule has 6 heteroatoms. The van der Waals surface area contributed by atoms with Crippen molar-refractivity contribution < 1.29 is 17.0 Å². The van der Waals surface area contributed by atoms with Crippen molar-refractivity contribution >= 4 is 21.7 Å². The molecule has 0 heterocycles. The molecule has 0 aromatic heterocycles. The molecule has 2 aromatic carbocycles. The molecule has 2 rings (SSSR count). The molecule has 0 aliphatic heterocycles. The highest BCUT2D eigenvalue weighted by Gasteiger charge is 2.21. The summed E-state index contributed by atoms with van der Waals surface area (Å²) in [7, 11) is -4.10. The minimum absolute atomic E-state index is 0.213. The minimum Gasteiger partial charge on any atom is -0.379 e. The average Bonchev–Trinajstić information content (AvgIpc) is 2.33. The van der Waals surface area contributed by atoms with Crippen LogP contribution in [0.2, 0.25) is 5.02 Å². The first-order valence-corrected chi connectivity index (χ1v) is 7.55. The van der Waals surface area contributed by atoms with Gasteiger partial charge in [-0.15, -0.1) is 0 Å². The van der Waals surface area contributed by atoms with Gasteiger partial charge in [0.1, 0.15) is 16.5 Å². The third-order valence-corrected chi connectivity index (χ3v) is 4.42. The summed E-state index contributed by atoms with van der Waals surface area (Å²) < 4.78 is 42.4. The molecular formula is C14H12ClFO3S. The smallest absolute Gasteiger partial charge is 0.340 e. The van der Waals surface area contributed by atoms with Crippen LogP contribution < -0.4 is 4.18 Å². The molecule has 0 bridgehead atoms. The fourth-order valence-electron chi connectivity index (χ4n) is 1.64. The van der Waals surface area contributed by atoms with E-state index in [1.165, 1.54) is 0 Å². The third-order valence-electron chi connectivity index (χ3n) is 2.71. The van der Waals surface area contributed by atoms with Crippen LogP contribution in [0.1, 0.15) is 11.1 Å². The van der Waals surface area contributed by atoms with Crippen LogP contribution in [0.3, 0.4) is 0 Å². The molecule has 0 atom stereocenters. The zero-order valence-electron chi connectivity index (χ0n) is 10.9. The van der Waals surface area contributed by atoms with Gasteiger partial charge in [-0.25, -0.2) is 4.39 Å². The van der Waals surface area contributed by atoms with Gasteiger partial charge in [-0.3, -0.25) is 0 Å². The monoisotopic (exact) mass is 314 g/mol. The Bertz CT molecular complexity index is 757. The lowest BCUT2D eigenvalue weighted by Gasteiger charge is -2.11. The molecule has 0 fully saturated rings. The van der Waals surface area contributed by atoms with E-state index in [1.807, 2.05) is 13.0 Å². The summed E-state index contributed by atoms with van der Waals surface area (Å²) in [5.74, 6) is -0.383. The van der Waals surface area contributed by atoms with Gasteiger partial charge in [0.05, 0.1) is 5.02 Å². The number of hydrogen-bond donors (Lipinski definition) is 0. The lowest BCUT2D eigenvalue weighted by Crippen LogP contribution is -2.11. The van der Waals surface area contributed by atoms with Crippen molar-refractivity contribution in [1.82, 2.24) is 0 Å². The van der Waals surface area contributed by atoms with Crippen LogP contribution in [0, 0.1) is 19.7 Å². The normalized spacial score (nSPS) is 11.4. The minimum atomic E-state index is -4.10. The fourth-order valence-corrected chi connectivity index (χ4v) is 3.13. The predicted octanol–water partition coefficient (Wildman–Crippen LogP) is 3.86. The van der Waals surface area contributed by atoms with E-state index in [9.17, 15) is 12.8 Å². The van der Waals surface area contributed by atoms with E-state index in [0.717, 1.165) is 23.8 Å². The van der Waals surface area contributed by atoms with Gasteiger partial charge in [0, 0.05) is 0 Å². The maximum absolute atomic E-state index is 13.0.